The summed E-state index contributed by atoms with van der Waals surface area (Å²) in [6, 6.07) is 25.6. The number of hydrogen-bond acceptors (Lipinski definition) is 3. The number of para-hydroxylation sites is 1. The van der Waals surface area contributed by atoms with Crippen LogP contribution in [0.1, 0.15) is 27.6 Å². The molecule has 1 atom stereocenters. The molecule has 0 saturated heterocycles. The number of ketones is 1. The van der Waals surface area contributed by atoms with Gasteiger partial charge in [-0.25, -0.2) is 0 Å². The molecule has 1 N–H and O–H groups in total. The maximum absolute atomic E-state index is 12.7. The molecule has 3 nitrogen and oxygen atoms in total. The highest BCUT2D eigenvalue weighted by Gasteiger charge is 2.21. The van der Waals surface area contributed by atoms with Crippen molar-refractivity contribution in [3.8, 4) is 5.75 Å². The molecule has 3 heteroatoms. The molecule has 0 aromatic heterocycles. The van der Waals surface area contributed by atoms with Crippen LogP contribution in [0.25, 0.3) is 0 Å². The molecule has 120 valence electrons. The lowest BCUT2D eigenvalue weighted by atomic mass is 9.96. The molecule has 0 spiro atoms. The third-order valence-corrected chi connectivity index (χ3v) is 3.78. The van der Waals surface area contributed by atoms with E-state index in [1.165, 1.54) is 0 Å². The molecule has 0 heterocycles. The van der Waals surface area contributed by atoms with Gasteiger partial charge in [-0.05, 0) is 17.7 Å². The van der Waals surface area contributed by atoms with Gasteiger partial charge < -0.3 is 9.84 Å². The Labute approximate surface area is 141 Å². The second-order valence-corrected chi connectivity index (χ2v) is 5.44. The van der Waals surface area contributed by atoms with Crippen LogP contribution in [0.3, 0.4) is 0 Å². The molecule has 1 unspecified atom stereocenters. The van der Waals surface area contributed by atoms with E-state index in [9.17, 15) is 9.90 Å². The van der Waals surface area contributed by atoms with E-state index in [4.69, 9.17) is 4.74 Å². The topological polar surface area (TPSA) is 46.5 Å². The summed E-state index contributed by atoms with van der Waals surface area (Å²) in [7, 11) is 0. The monoisotopic (exact) mass is 318 g/mol. The fourth-order valence-electron chi connectivity index (χ4n) is 2.50. The van der Waals surface area contributed by atoms with Gasteiger partial charge in [-0.15, -0.1) is 0 Å². The van der Waals surface area contributed by atoms with Crippen molar-refractivity contribution >= 4 is 5.78 Å². The van der Waals surface area contributed by atoms with Gasteiger partial charge >= 0.3 is 0 Å². The second-order valence-electron chi connectivity index (χ2n) is 5.44. The lowest BCUT2D eigenvalue weighted by molar-refractivity contribution is 0.0745. The molecule has 3 aromatic rings. The predicted octanol–water partition coefficient (Wildman–Crippen LogP) is 4.18. The zero-order chi connectivity index (χ0) is 16.8. The van der Waals surface area contributed by atoms with Crippen molar-refractivity contribution < 1.29 is 14.6 Å². The van der Waals surface area contributed by atoms with Crippen LogP contribution in [-0.4, -0.2) is 10.9 Å². The van der Waals surface area contributed by atoms with Crippen LogP contribution in [0.4, 0.5) is 0 Å². The molecule has 24 heavy (non-hydrogen) atoms. The first-order valence-corrected chi connectivity index (χ1v) is 7.78. The van der Waals surface area contributed by atoms with Gasteiger partial charge in [0.25, 0.3) is 0 Å². The number of hydrogen-bond donors (Lipinski definition) is 1. The van der Waals surface area contributed by atoms with E-state index in [1.54, 1.807) is 36.4 Å². The van der Waals surface area contributed by atoms with E-state index >= 15 is 0 Å². The Hall–Kier alpha value is -2.91. The van der Waals surface area contributed by atoms with Gasteiger partial charge in [0.1, 0.15) is 18.5 Å². The summed E-state index contributed by atoms with van der Waals surface area (Å²) in [5, 5.41) is 10.4. The van der Waals surface area contributed by atoms with Gasteiger partial charge in [0, 0.05) is 11.1 Å². The van der Waals surface area contributed by atoms with E-state index in [1.807, 2.05) is 48.5 Å². The van der Waals surface area contributed by atoms with Crippen LogP contribution in [0, 0.1) is 0 Å². The summed E-state index contributed by atoms with van der Waals surface area (Å²) in [6.45, 7) is 0.271. The van der Waals surface area contributed by atoms with Crippen molar-refractivity contribution in [3.05, 3.63) is 102 Å². The zero-order valence-corrected chi connectivity index (χ0v) is 13.1. The van der Waals surface area contributed by atoms with Crippen LogP contribution >= 0.6 is 0 Å². The van der Waals surface area contributed by atoms with Crippen LogP contribution in [0.2, 0.25) is 0 Å². The Bertz CT molecular complexity index is 798. The minimum Gasteiger partial charge on any atom is -0.489 e. The highest BCUT2D eigenvalue weighted by molar-refractivity contribution is 6.01. The minimum atomic E-state index is -1.18. The summed E-state index contributed by atoms with van der Waals surface area (Å²) in [5.41, 5.74) is 1.81. The van der Waals surface area contributed by atoms with Crippen molar-refractivity contribution in [1.82, 2.24) is 0 Å². The van der Waals surface area contributed by atoms with Gasteiger partial charge in [0.05, 0.1) is 0 Å². The molecule has 3 rings (SSSR count). The molecule has 3 aromatic carbocycles. The minimum absolute atomic E-state index is 0.271. The average molecular weight is 318 g/mol. The lowest BCUT2D eigenvalue weighted by Gasteiger charge is -2.14. The van der Waals surface area contributed by atoms with Crippen LogP contribution in [-0.2, 0) is 6.61 Å². The predicted molar refractivity (Wildman–Crippen MR) is 92.9 cm³/mol. The first-order chi connectivity index (χ1) is 11.8. The Morgan fingerprint density at radius 3 is 2.12 bits per heavy atom. The van der Waals surface area contributed by atoms with Crippen molar-refractivity contribution in [2.45, 2.75) is 12.7 Å². The van der Waals surface area contributed by atoms with E-state index in [2.05, 4.69) is 0 Å². The second kappa shape index (κ2) is 7.57. The maximum Gasteiger partial charge on any atom is 0.196 e. The molecule has 0 aliphatic rings. The number of ether oxygens (including phenoxy) is 1. The quantitative estimate of drug-likeness (QED) is 0.694. The van der Waals surface area contributed by atoms with Crippen LogP contribution in [0.15, 0.2) is 84.9 Å². The van der Waals surface area contributed by atoms with Crippen molar-refractivity contribution in [1.29, 1.82) is 0 Å². The van der Waals surface area contributed by atoms with Gasteiger partial charge in [-0.2, -0.15) is 0 Å². The van der Waals surface area contributed by atoms with Gasteiger partial charge in [-0.1, -0.05) is 72.8 Å². The normalized spacial score (nSPS) is 11.7. The fourth-order valence-corrected chi connectivity index (χ4v) is 2.50. The van der Waals surface area contributed by atoms with E-state index in [-0.39, 0.29) is 12.4 Å². The molecule has 0 fully saturated rings. The highest BCUT2D eigenvalue weighted by atomic mass is 16.5. The number of aliphatic hydroxyl groups excluding tert-OH is 1. The first-order valence-electron chi connectivity index (χ1n) is 7.78. The molecule has 0 saturated carbocycles. The number of carbonyl (C=O) groups excluding carboxylic acids is 1. The third kappa shape index (κ3) is 3.70. The Morgan fingerprint density at radius 2 is 1.42 bits per heavy atom. The third-order valence-electron chi connectivity index (χ3n) is 3.78. The highest BCUT2D eigenvalue weighted by Crippen LogP contribution is 2.22. The molecular weight excluding hydrogens is 300 g/mol. The Morgan fingerprint density at radius 1 is 0.833 bits per heavy atom. The molecular formula is C21H18O3. The molecule has 0 aliphatic carbocycles. The van der Waals surface area contributed by atoms with Gasteiger partial charge in [0.2, 0.25) is 0 Å². The molecule has 0 radical (unpaired) electrons. The summed E-state index contributed by atoms with van der Waals surface area (Å²) >= 11 is 0. The Balaban J connectivity index is 1.79. The lowest BCUT2D eigenvalue weighted by Crippen LogP contribution is -2.15. The Kier molecular flexibility index (Phi) is 5.04. The summed E-state index contributed by atoms with van der Waals surface area (Å²) in [4.78, 5) is 12.7. The number of benzene rings is 3. The van der Waals surface area contributed by atoms with Crippen LogP contribution in [0.5, 0.6) is 5.75 Å². The van der Waals surface area contributed by atoms with Crippen molar-refractivity contribution in [2.24, 2.45) is 0 Å². The van der Waals surface area contributed by atoms with E-state index in [0.29, 0.717) is 11.1 Å². The number of Topliss-reactive ketones (excluding diaryl/α,β-unsaturated/α-hetero) is 1. The van der Waals surface area contributed by atoms with Crippen molar-refractivity contribution in [2.75, 3.05) is 0 Å². The zero-order valence-electron chi connectivity index (χ0n) is 13.1. The van der Waals surface area contributed by atoms with E-state index in [0.717, 1.165) is 11.3 Å². The molecule has 0 bridgehead atoms. The number of carbonyl (C=O) groups is 1. The smallest absolute Gasteiger partial charge is 0.196 e. The maximum atomic E-state index is 12.7. The number of rotatable bonds is 6. The number of aliphatic hydroxyl groups is 1. The SMILES string of the molecule is O=C(c1ccccc1COc1ccccc1)C(O)c1ccccc1. The molecule has 0 aliphatic heterocycles. The van der Waals surface area contributed by atoms with Crippen LogP contribution < -0.4 is 4.74 Å². The summed E-state index contributed by atoms with van der Waals surface area (Å²) in [6.07, 6.45) is -1.18. The first kappa shape index (κ1) is 16.0. The summed E-state index contributed by atoms with van der Waals surface area (Å²) in [5.74, 6) is 0.414. The molecule has 0 amide bonds. The van der Waals surface area contributed by atoms with Crippen molar-refractivity contribution in [3.63, 3.8) is 0 Å². The summed E-state index contributed by atoms with van der Waals surface area (Å²) < 4.78 is 5.73. The standard InChI is InChI=1S/C21H18O3/c22-20(16-9-3-1-4-10-16)21(23)19-14-8-7-11-17(19)15-24-18-12-5-2-6-13-18/h1-14,20,22H,15H2. The van der Waals surface area contributed by atoms with Gasteiger partial charge in [-0.3, -0.25) is 4.79 Å². The van der Waals surface area contributed by atoms with E-state index < -0.39 is 6.10 Å². The average Bonchev–Trinajstić information content (AvgIpc) is 2.67. The fraction of sp³-hybridized carbons (Fsp3) is 0.0952. The van der Waals surface area contributed by atoms with Gasteiger partial charge in [0.15, 0.2) is 5.78 Å². The largest absolute Gasteiger partial charge is 0.489 e.